The average Bonchev–Trinajstić information content (AvgIpc) is 2.18. The summed E-state index contributed by atoms with van der Waals surface area (Å²) >= 11 is 0. The predicted molar refractivity (Wildman–Crippen MR) is 68.3 cm³/mol. The van der Waals surface area contributed by atoms with Crippen molar-refractivity contribution in [2.24, 2.45) is 5.41 Å². The van der Waals surface area contributed by atoms with Gasteiger partial charge in [-0.05, 0) is 30.2 Å². The minimum Gasteiger partial charge on any atom is -0.387 e. The third-order valence-electron chi connectivity index (χ3n) is 2.56. The first-order valence-corrected chi connectivity index (χ1v) is 6.00. The number of rotatable bonds is 4. The fraction of sp³-hybridized carbons (Fsp3) is 0.571. The highest BCUT2D eigenvalue weighted by Gasteiger charge is 2.17. The fourth-order valence-corrected chi connectivity index (χ4v) is 1.99. The molecule has 1 atom stereocenters. The van der Waals surface area contributed by atoms with E-state index in [0.29, 0.717) is 12.1 Å². The molecule has 4 heteroatoms. The highest BCUT2D eigenvalue weighted by atomic mass is 19.2. The van der Waals surface area contributed by atoms with Gasteiger partial charge in [0.25, 0.3) is 0 Å². The van der Waals surface area contributed by atoms with Crippen LogP contribution in [0.25, 0.3) is 0 Å². The Balaban J connectivity index is 2.64. The molecule has 18 heavy (non-hydrogen) atoms. The van der Waals surface area contributed by atoms with Crippen LogP contribution >= 0.6 is 0 Å². The molecule has 0 radical (unpaired) electrons. The van der Waals surface area contributed by atoms with E-state index in [0.717, 1.165) is 18.7 Å². The standard InChI is InChI=1S/C14H21F2NO/c1-14(2,3)9-17(4)8-13(18)10-5-6-11(15)12(16)7-10/h5-7,13,18H,8-9H2,1-4H3. The SMILES string of the molecule is CN(CC(O)c1ccc(F)c(F)c1)CC(C)(C)C. The van der Waals surface area contributed by atoms with Gasteiger partial charge in [-0.15, -0.1) is 0 Å². The Hall–Kier alpha value is -1.00. The molecular formula is C14H21F2NO. The second kappa shape index (κ2) is 5.76. The van der Waals surface area contributed by atoms with E-state index < -0.39 is 17.7 Å². The van der Waals surface area contributed by atoms with Crippen LogP contribution in [0.5, 0.6) is 0 Å². The van der Waals surface area contributed by atoms with Gasteiger partial charge in [-0.2, -0.15) is 0 Å². The van der Waals surface area contributed by atoms with Crippen LogP contribution in [0.2, 0.25) is 0 Å². The predicted octanol–water partition coefficient (Wildman–Crippen LogP) is 2.98. The van der Waals surface area contributed by atoms with Crippen molar-refractivity contribution < 1.29 is 13.9 Å². The Morgan fingerprint density at radius 2 is 1.83 bits per heavy atom. The maximum Gasteiger partial charge on any atom is 0.159 e. The molecule has 0 bridgehead atoms. The Morgan fingerprint density at radius 3 is 2.33 bits per heavy atom. The Kier molecular flexibility index (Phi) is 4.82. The zero-order valence-corrected chi connectivity index (χ0v) is 11.4. The average molecular weight is 257 g/mol. The van der Waals surface area contributed by atoms with Gasteiger partial charge in [-0.1, -0.05) is 26.8 Å². The molecule has 2 nitrogen and oxygen atoms in total. The number of benzene rings is 1. The summed E-state index contributed by atoms with van der Waals surface area (Å²) in [6.07, 6.45) is -0.813. The molecule has 0 spiro atoms. The maximum atomic E-state index is 13.0. The Bertz CT molecular complexity index is 401. The van der Waals surface area contributed by atoms with Crippen molar-refractivity contribution in [1.82, 2.24) is 4.90 Å². The number of hydrogen-bond acceptors (Lipinski definition) is 2. The maximum absolute atomic E-state index is 13.0. The fourth-order valence-electron chi connectivity index (χ4n) is 1.99. The van der Waals surface area contributed by atoms with E-state index in [1.807, 2.05) is 11.9 Å². The third kappa shape index (κ3) is 4.70. The first-order chi connectivity index (χ1) is 8.19. The second-order valence-electron chi connectivity index (χ2n) is 5.95. The van der Waals surface area contributed by atoms with E-state index in [9.17, 15) is 13.9 Å². The van der Waals surface area contributed by atoms with Gasteiger partial charge in [0.2, 0.25) is 0 Å². The van der Waals surface area contributed by atoms with Crippen molar-refractivity contribution >= 4 is 0 Å². The topological polar surface area (TPSA) is 23.5 Å². The summed E-state index contributed by atoms with van der Waals surface area (Å²) in [4.78, 5) is 1.98. The molecule has 1 N–H and O–H groups in total. The van der Waals surface area contributed by atoms with Crippen LogP contribution in [0.3, 0.4) is 0 Å². The molecule has 0 fully saturated rings. The lowest BCUT2D eigenvalue weighted by molar-refractivity contribution is 0.108. The highest BCUT2D eigenvalue weighted by Crippen LogP contribution is 2.19. The van der Waals surface area contributed by atoms with Crippen LogP contribution in [-0.4, -0.2) is 30.1 Å². The third-order valence-corrected chi connectivity index (χ3v) is 2.56. The summed E-state index contributed by atoms with van der Waals surface area (Å²) in [5.41, 5.74) is 0.525. The van der Waals surface area contributed by atoms with E-state index in [-0.39, 0.29) is 5.41 Å². The molecule has 0 heterocycles. The molecule has 1 aromatic rings. The second-order valence-corrected chi connectivity index (χ2v) is 5.95. The van der Waals surface area contributed by atoms with Gasteiger partial charge in [-0.3, -0.25) is 0 Å². The van der Waals surface area contributed by atoms with E-state index in [1.165, 1.54) is 6.07 Å². The summed E-state index contributed by atoms with van der Waals surface area (Å²) in [7, 11) is 1.90. The van der Waals surface area contributed by atoms with Crippen molar-refractivity contribution in [3.05, 3.63) is 35.4 Å². The summed E-state index contributed by atoms with van der Waals surface area (Å²) in [6.45, 7) is 7.52. The molecule has 0 amide bonds. The summed E-state index contributed by atoms with van der Waals surface area (Å²) in [5.74, 6) is -1.82. The lowest BCUT2D eigenvalue weighted by Crippen LogP contribution is -2.32. The largest absolute Gasteiger partial charge is 0.387 e. The van der Waals surface area contributed by atoms with Gasteiger partial charge in [0.05, 0.1) is 6.10 Å². The number of nitrogens with zero attached hydrogens (tertiary/aromatic N) is 1. The molecule has 0 aromatic heterocycles. The smallest absolute Gasteiger partial charge is 0.159 e. The van der Waals surface area contributed by atoms with Crippen molar-refractivity contribution in [2.75, 3.05) is 20.1 Å². The van der Waals surface area contributed by atoms with Gasteiger partial charge in [0, 0.05) is 13.1 Å². The lowest BCUT2D eigenvalue weighted by Gasteiger charge is -2.28. The monoisotopic (exact) mass is 257 g/mol. The molecule has 1 unspecified atom stereocenters. The van der Waals surface area contributed by atoms with E-state index >= 15 is 0 Å². The van der Waals surface area contributed by atoms with Gasteiger partial charge in [0.1, 0.15) is 0 Å². The van der Waals surface area contributed by atoms with Crippen molar-refractivity contribution in [3.63, 3.8) is 0 Å². The molecule has 0 aliphatic heterocycles. The van der Waals surface area contributed by atoms with Gasteiger partial charge < -0.3 is 10.0 Å². The Labute approximate surface area is 107 Å². The first kappa shape index (κ1) is 15.1. The number of aliphatic hydroxyl groups excluding tert-OH is 1. The molecule has 102 valence electrons. The van der Waals surface area contributed by atoms with Gasteiger partial charge in [-0.25, -0.2) is 8.78 Å². The summed E-state index contributed by atoms with van der Waals surface area (Å²) in [6, 6.07) is 3.50. The summed E-state index contributed by atoms with van der Waals surface area (Å²) in [5, 5.41) is 9.97. The van der Waals surface area contributed by atoms with E-state index in [2.05, 4.69) is 20.8 Å². The molecule has 0 saturated carbocycles. The normalized spacial score (nSPS) is 14.0. The molecule has 1 rings (SSSR count). The van der Waals surface area contributed by atoms with Crippen LogP contribution in [0.15, 0.2) is 18.2 Å². The number of aliphatic hydroxyl groups is 1. The molecule has 0 saturated heterocycles. The van der Waals surface area contributed by atoms with Crippen LogP contribution < -0.4 is 0 Å². The van der Waals surface area contributed by atoms with Crippen molar-refractivity contribution in [2.45, 2.75) is 26.9 Å². The van der Waals surface area contributed by atoms with E-state index in [1.54, 1.807) is 0 Å². The minimum atomic E-state index is -0.926. The van der Waals surface area contributed by atoms with E-state index in [4.69, 9.17) is 0 Å². The number of halogens is 2. The first-order valence-electron chi connectivity index (χ1n) is 6.00. The van der Waals surface area contributed by atoms with Crippen LogP contribution in [0.1, 0.15) is 32.4 Å². The minimum absolute atomic E-state index is 0.127. The molecule has 1 aromatic carbocycles. The van der Waals surface area contributed by atoms with Gasteiger partial charge in [0.15, 0.2) is 11.6 Å². The zero-order chi connectivity index (χ0) is 13.9. The lowest BCUT2D eigenvalue weighted by atomic mass is 9.96. The van der Waals surface area contributed by atoms with Crippen LogP contribution in [-0.2, 0) is 0 Å². The van der Waals surface area contributed by atoms with Crippen molar-refractivity contribution in [1.29, 1.82) is 0 Å². The molecule has 0 aliphatic carbocycles. The molecule has 0 aliphatic rings. The Morgan fingerprint density at radius 1 is 1.22 bits per heavy atom. The zero-order valence-electron chi connectivity index (χ0n) is 11.4. The van der Waals surface area contributed by atoms with Crippen LogP contribution in [0, 0.1) is 17.0 Å². The number of likely N-dealkylation sites (N-methyl/N-ethyl adjacent to an activating group) is 1. The highest BCUT2D eigenvalue weighted by molar-refractivity contribution is 5.20. The van der Waals surface area contributed by atoms with Crippen molar-refractivity contribution in [3.8, 4) is 0 Å². The van der Waals surface area contributed by atoms with Gasteiger partial charge >= 0.3 is 0 Å². The quantitative estimate of drug-likeness (QED) is 0.896. The number of hydrogen-bond donors (Lipinski definition) is 1. The summed E-state index contributed by atoms with van der Waals surface area (Å²) < 4.78 is 25.8. The van der Waals surface area contributed by atoms with Crippen LogP contribution in [0.4, 0.5) is 8.78 Å². The molecular weight excluding hydrogens is 236 g/mol.